The van der Waals surface area contributed by atoms with Crippen LogP contribution < -0.4 is 5.73 Å². The lowest BCUT2D eigenvalue weighted by atomic mass is 10.1. The van der Waals surface area contributed by atoms with Crippen LogP contribution in [0.3, 0.4) is 0 Å². The number of rotatable bonds is 2. The zero-order chi connectivity index (χ0) is 11.7. The molecule has 0 bridgehead atoms. The number of nitrogens with two attached hydrogens (primary N) is 1. The second-order valence-electron chi connectivity index (χ2n) is 3.63. The molecular weight excluding hydrogens is 245 g/mol. The molecule has 1 nitrogen and oxygen atoms in total. The zero-order valence-electron chi connectivity index (χ0n) is 8.71. The summed E-state index contributed by atoms with van der Waals surface area (Å²) in [4.78, 5) is 0.922. The van der Waals surface area contributed by atoms with E-state index in [0.29, 0.717) is 5.02 Å². The van der Waals surface area contributed by atoms with Crippen molar-refractivity contribution < 1.29 is 4.39 Å². The highest BCUT2D eigenvalue weighted by molar-refractivity contribution is 7.10. The Balaban J connectivity index is 2.35. The molecule has 0 radical (unpaired) electrons. The van der Waals surface area contributed by atoms with Gasteiger partial charge in [0.1, 0.15) is 5.82 Å². The van der Waals surface area contributed by atoms with Crippen LogP contribution in [0.15, 0.2) is 29.6 Å². The predicted octanol–water partition coefficient (Wildman–Crippen LogP) is 3.90. The van der Waals surface area contributed by atoms with Gasteiger partial charge in [-0.3, -0.25) is 0 Å². The van der Waals surface area contributed by atoms with Crippen LogP contribution in [0.1, 0.15) is 22.0 Å². The third kappa shape index (κ3) is 2.12. The molecule has 0 saturated heterocycles. The van der Waals surface area contributed by atoms with Gasteiger partial charge in [-0.25, -0.2) is 4.39 Å². The number of halogens is 2. The van der Waals surface area contributed by atoms with Crippen LogP contribution in [0.4, 0.5) is 4.39 Å². The Kier molecular flexibility index (Phi) is 3.28. The van der Waals surface area contributed by atoms with Crippen LogP contribution in [-0.2, 0) is 0 Å². The summed E-state index contributed by atoms with van der Waals surface area (Å²) < 4.78 is 12.8. The molecule has 2 rings (SSSR count). The smallest absolute Gasteiger partial charge is 0.123 e. The lowest BCUT2D eigenvalue weighted by Gasteiger charge is -2.10. The Labute approximate surface area is 103 Å². The van der Waals surface area contributed by atoms with Crippen molar-refractivity contribution in [3.63, 3.8) is 0 Å². The minimum Gasteiger partial charge on any atom is -0.320 e. The van der Waals surface area contributed by atoms with Gasteiger partial charge < -0.3 is 5.73 Å². The third-order valence-electron chi connectivity index (χ3n) is 2.44. The van der Waals surface area contributed by atoms with E-state index in [1.54, 1.807) is 12.1 Å². The molecule has 84 valence electrons. The molecule has 4 heteroatoms. The van der Waals surface area contributed by atoms with Gasteiger partial charge in [0.15, 0.2) is 0 Å². The first-order chi connectivity index (χ1) is 7.59. The Morgan fingerprint density at radius 2 is 1.94 bits per heavy atom. The maximum absolute atomic E-state index is 12.8. The van der Waals surface area contributed by atoms with Crippen molar-refractivity contribution >= 4 is 22.9 Å². The van der Waals surface area contributed by atoms with Crippen LogP contribution in [0.2, 0.25) is 5.02 Å². The maximum Gasteiger partial charge on any atom is 0.123 e. The number of hydrogen-bond acceptors (Lipinski definition) is 2. The van der Waals surface area contributed by atoms with E-state index >= 15 is 0 Å². The minimum atomic E-state index is -0.285. The van der Waals surface area contributed by atoms with Crippen LogP contribution in [-0.4, -0.2) is 0 Å². The average molecular weight is 256 g/mol. The molecule has 2 N–H and O–H groups in total. The van der Waals surface area contributed by atoms with Crippen molar-refractivity contribution in [1.82, 2.24) is 0 Å². The second kappa shape index (κ2) is 4.53. The molecule has 1 unspecified atom stereocenters. The summed E-state index contributed by atoms with van der Waals surface area (Å²) in [6.45, 7) is 1.94. The molecule has 1 aromatic heterocycles. The molecule has 16 heavy (non-hydrogen) atoms. The highest BCUT2D eigenvalue weighted by Gasteiger charge is 2.15. The predicted molar refractivity (Wildman–Crippen MR) is 66.5 cm³/mol. The van der Waals surface area contributed by atoms with Crippen LogP contribution >= 0.6 is 22.9 Å². The van der Waals surface area contributed by atoms with Crippen molar-refractivity contribution in [2.24, 2.45) is 5.73 Å². The molecule has 1 atom stereocenters. The Hall–Kier alpha value is -0.900. The molecule has 0 aliphatic rings. The first-order valence-electron chi connectivity index (χ1n) is 4.84. The van der Waals surface area contributed by atoms with Gasteiger partial charge in [-0.15, -0.1) is 11.3 Å². The Bertz CT molecular complexity index is 492. The van der Waals surface area contributed by atoms with Crippen molar-refractivity contribution in [3.05, 3.63) is 56.5 Å². The van der Waals surface area contributed by atoms with Crippen LogP contribution in [0.25, 0.3) is 0 Å². The second-order valence-corrected chi connectivity index (χ2v) is 4.92. The highest BCUT2D eigenvalue weighted by Crippen LogP contribution is 2.34. The van der Waals surface area contributed by atoms with Gasteiger partial charge in [0.25, 0.3) is 0 Å². The van der Waals surface area contributed by atoms with Crippen molar-refractivity contribution in [1.29, 1.82) is 0 Å². The largest absolute Gasteiger partial charge is 0.320 e. The average Bonchev–Trinajstić information content (AvgIpc) is 2.60. The Morgan fingerprint density at radius 1 is 1.31 bits per heavy atom. The molecule has 0 aliphatic heterocycles. The lowest BCUT2D eigenvalue weighted by Crippen LogP contribution is -2.10. The fourth-order valence-electron chi connectivity index (χ4n) is 1.48. The first kappa shape index (κ1) is 11.6. The standard InChI is InChI=1S/C12H11ClFNS/c1-7-6-16-12(10(7)13)11(15)8-2-4-9(14)5-3-8/h2-6,11H,15H2,1H3. The molecule has 0 spiro atoms. The van der Waals surface area contributed by atoms with Gasteiger partial charge in [-0.1, -0.05) is 23.7 Å². The SMILES string of the molecule is Cc1csc(C(N)c2ccc(F)cc2)c1Cl. The molecule has 2 aromatic rings. The third-order valence-corrected chi connectivity index (χ3v) is 4.23. The van der Waals surface area contributed by atoms with E-state index in [2.05, 4.69) is 0 Å². The Morgan fingerprint density at radius 3 is 2.44 bits per heavy atom. The first-order valence-corrected chi connectivity index (χ1v) is 6.10. The summed E-state index contributed by atoms with van der Waals surface area (Å²) in [5.41, 5.74) is 7.98. The number of benzene rings is 1. The summed E-state index contributed by atoms with van der Waals surface area (Å²) in [5.74, 6) is -0.260. The number of aryl methyl sites for hydroxylation is 1. The van der Waals surface area contributed by atoms with Crippen molar-refractivity contribution in [3.8, 4) is 0 Å². The van der Waals surface area contributed by atoms with E-state index in [4.69, 9.17) is 17.3 Å². The molecule has 0 saturated carbocycles. The summed E-state index contributed by atoms with van der Waals surface area (Å²) in [5, 5.41) is 2.68. The fraction of sp³-hybridized carbons (Fsp3) is 0.167. The van der Waals surface area contributed by atoms with Crippen molar-refractivity contribution in [2.75, 3.05) is 0 Å². The fourth-order valence-corrected chi connectivity index (χ4v) is 2.82. The highest BCUT2D eigenvalue weighted by atomic mass is 35.5. The van der Waals surface area contributed by atoms with E-state index in [-0.39, 0.29) is 11.9 Å². The molecule has 1 aromatic carbocycles. The van der Waals surface area contributed by atoms with Gasteiger partial charge >= 0.3 is 0 Å². The molecular formula is C12H11ClFNS. The molecule has 0 amide bonds. The van der Waals surface area contributed by atoms with Crippen LogP contribution in [0, 0.1) is 12.7 Å². The maximum atomic E-state index is 12.8. The molecule has 1 heterocycles. The summed E-state index contributed by atoms with van der Waals surface area (Å²) in [7, 11) is 0. The van der Waals surface area contributed by atoms with E-state index in [9.17, 15) is 4.39 Å². The summed E-state index contributed by atoms with van der Waals surface area (Å²) in [6, 6.07) is 5.90. The summed E-state index contributed by atoms with van der Waals surface area (Å²) >= 11 is 7.67. The lowest BCUT2D eigenvalue weighted by molar-refractivity contribution is 0.626. The van der Waals surface area contributed by atoms with Gasteiger partial charge in [0.05, 0.1) is 11.1 Å². The van der Waals surface area contributed by atoms with Crippen molar-refractivity contribution in [2.45, 2.75) is 13.0 Å². The number of hydrogen-bond donors (Lipinski definition) is 1. The monoisotopic (exact) mass is 255 g/mol. The van der Waals surface area contributed by atoms with Gasteiger partial charge in [0, 0.05) is 4.88 Å². The van der Waals surface area contributed by atoms with Gasteiger partial charge in [-0.2, -0.15) is 0 Å². The quantitative estimate of drug-likeness (QED) is 0.866. The number of thiophene rings is 1. The van der Waals surface area contributed by atoms with Gasteiger partial charge in [0.2, 0.25) is 0 Å². The van der Waals surface area contributed by atoms with E-state index < -0.39 is 0 Å². The minimum absolute atomic E-state index is 0.260. The van der Waals surface area contributed by atoms with E-state index in [0.717, 1.165) is 16.0 Å². The zero-order valence-corrected chi connectivity index (χ0v) is 10.3. The topological polar surface area (TPSA) is 26.0 Å². The van der Waals surface area contributed by atoms with E-state index in [1.807, 2.05) is 12.3 Å². The van der Waals surface area contributed by atoms with Gasteiger partial charge in [-0.05, 0) is 35.6 Å². The molecule has 0 fully saturated rings. The normalized spacial score (nSPS) is 12.8. The summed E-state index contributed by atoms with van der Waals surface area (Å²) in [6.07, 6.45) is 0. The molecule has 0 aliphatic carbocycles. The van der Waals surface area contributed by atoms with E-state index in [1.165, 1.54) is 23.5 Å². The van der Waals surface area contributed by atoms with Crippen LogP contribution in [0.5, 0.6) is 0 Å².